The smallest absolute Gasteiger partial charge is 0.134 e. The average molecular weight is 215 g/mol. The van der Waals surface area contributed by atoms with Crippen LogP contribution >= 0.6 is 0 Å². The van der Waals surface area contributed by atoms with Crippen LogP contribution in [0.15, 0.2) is 12.1 Å². The molecule has 2 N–H and O–H groups in total. The highest BCUT2D eigenvalue weighted by atomic mass is 19.1. The molecule has 4 heteroatoms. The van der Waals surface area contributed by atoms with Gasteiger partial charge in [-0.05, 0) is 19.4 Å². The van der Waals surface area contributed by atoms with Crippen LogP contribution in [-0.2, 0) is 17.8 Å². The van der Waals surface area contributed by atoms with Crippen molar-refractivity contribution < 1.29 is 13.5 Å². The standard InChI is InChI=1S/C11H15F2NO/c1-7(14)5-9-10(12)4-3-8(6-15-2)11(9)13/h3-4,7H,5-6,14H2,1-2H3. The Morgan fingerprint density at radius 1 is 1.40 bits per heavy atom. The maximum atomic E-state index is 13.7. The van der Waals surface area contributed by atoms with E-state index in [9.17, 15) is 8.78 Å². The van der Waals surface area contributed by atoms with E-state index < -0.39 is 11.6 Å². The number of halogens is 2. The average Bonchev–Trinajstić information content (AvgIpc) is 2.17. The maximum absolute atomic E-state index is 13.7. The quantitative estimate of drug-likeness (QED) is 0.833. The van der Waals surface area contributed by atoms with Crippen molar-refractivity contribution in [2.45, 2.75) is 26.0 Å². The van der Waals surface area contributed by atoms with Gasteiger partial charge >= 0.3 is 0 Å². The van der Waals surface area contributed by atoms with E-state index >= 15 is 0 Å². The first-order valence-corrected chi connectivity index (χ1v) is 4.76. The van der Waals surface area contributed by atoms with Crippen LogP contribution in [-0.4, -0.2) is 13.2 Å². The van der Waals surface area contributed by atoms with Crippen LogP contribution in [0.2, 0.25) is 0 Å². The molecule has 0 bridgehead atoms. The van der Waals surface area contributed by atoms with Crippen LogP contribution in [0.25, 0.3) is 0 Å². The Labute approximate surface area is 88.0 Å². The van der Waals surface area contributed by atoms with E-state index in [2.05, 4.69) is 0 Å². The third-order valence-electron chi connectivity index (χ3n) is 2.09. The number of benzene rings is 1. The van der Waals surface area contributed by atoms with E-state index in [1.165, 1.54) is 19.2 Å². The molecule has 84 valence electrons. The number of hydrogen-bond acceptors (Lipinski definition) is 2. The molecule has 0 amide bonds. The zero-order chi connectivity index (χ0) is 11.4. The summed E-state index contributed by atoms with van der Waals surface area (Å²) in [4.78, 5) is 0. The molecule has 0 heterocycles. The van der Waals surface area contributed by atoms with Crippen LogP contribution in [0.4, 0.5) is 8.78 Å². The second-order valence-corrected chi connectivity index (χ2v) is 3.61. The minimum Gasteiger partial charge on any atom is -0.380 e. The number of hydrogen-bond donors (Lipinski definition) is 1. The summed E-state index contributed by atoms with van der Waals surface area (Å²) >= 11 is 0. The molecule has 2 nitrogen and oxygen atoms in total. The Bertz CT molecular complexity index is 340. The van der Waals surface area contributed by atoms with Gasteiger partial charge in [-0.2, -0.15) is 0 Å². The lowest BCUT2D eigenvalue weighted by Gasteiger charge is -2.11. The second kappa shape index (κ2) is 5.19. The molecule has 0 aromatic heterocycles. The zero-order valence-corrected chi connectivity index (χ0v) is 8.89. The van der Waals surface area contributed by atoms with Crippen LogP contribution in [0.5, 0.6) is 0 Å². The molecule has 0 spiro atoms. The molecule has 15 heavy (non-hydrogen) atoms. The monoisotopic (exact) mass is 215 g/mol. The largest absolute Gasteiger partial charge is 0.380 e. The van der Waals surface area contributed by atoms with Crippen molar-refractivity contribution in [1.29, 1.82) is 0 Å². The highest BCUT2D eigenvalue weighted by Crippen LogP contribution is 2.18. The van der Waals surface area contributed by atoms with Crippen molar-refractivity contribution in [2.24, 2.45) is 5.73 Å². The molecular formula is C11H15F2NO. The highest BCUT2D eigenvalue weighted by molar-refractivity contribution is 5.27. The summed E-state index contributed by atoms with van der Waals surface area (Å²) in [5, 5.41) is 0. The Kier molecular flexibility index (Phi) is 4.17. The first kappa shape index (κ1) is 12.1. The van der Waals surface area contributed by atoms with E-state index in [-0.39, 0.29) is 24.6 Å². The van der Waals surface area contributed by atoms with Crippen LogP contribution in [0.3, 0.4) is 0 Å². The molecule has 0 aliphatic rings. The minimum absolute atomic E-state index is 0.0413. The number of rotatable bonds is 4. The van der Waals surface area contributed by atoms with Crippen LogP contribution in [0.1, 0.15) is 18.1 Å². The summed E-state index contributed by atoms with van der Waals surface area (Å²) in [6.07, 6.45) is 0.190. The molecule has 0 saturated carbocycles. The molecule has 0 aliphatic heterocycles. The summed E-state index contributed by atoms with van der Waals surface area (Å²) in [5.41, 5.74) is 5.92. The van der Waals surface area contributed by atoms with Crippen molar-refractivity contribution in [3.8, 4) is 0 Å². The first-order chi connectivity index (χ1) is 7.06. The molecule has 1 rings (SSSR count). The molecule has 1 aromatic carbocycles. The van der Waals surface area contributed by atoms with Gasteiger partial charge in [-0.3, -0.25) is 0 Å². The number of methoxy groups -OCH3 is 1. The molecular weight excluding hydrogens is 200 g/mol. The summed E-state index contributed by atoms with van der Waals surface area (Å²) < 4.78 is 31.8. The van der Waals surface area contributed by atoms with Gasteiger partial charge in [-0.1, -0.05) is 6.07 Å². The third-order valence-corrected chi connectivity index (χ3v) is 2.09. The lowest BCUT2D eigenvalue weighted by molar-refractivity contribution is 0.181. The van der Waals surface area contributed by atoms with E-state index in [0.29, 0.717) is 5.56 Å². The Balaban J connectivity index is 3.06. The highest BCUT2D eigenvalue weighted by Gasteiger charge is 2.14. The van der Waals surface area contributed by atoms with E-state index in [4.69, 9.17) is 10.5 Å². The summed E-state index contributed by atoms with van der Waals surface area (Å²) in [6, 6.07) is 2.36. The molecule has 1 atom stereocenters. The van der Waals surface area contributed by atoms with E-state index in [1.54, 1.807) is 6.92 Å². The fourth-order valence-corrected chi connectivity index (χ4v) is 1.42. The van der Waals surface area contributed by atoms with Crippen LogP contribution in [0, 0.1) is 11.6 Å². The van der Waals surface area contributed by atoms with Gasteiger partial charge in [0.15, 0.2) is 0 Å². The number of nitrogens with two attached hydrogens (primary N) is 1. The van der Waals surface area contributed by atoms with E-state index in [1.807, 2.05) is 0 Å². The van der Waals surface area contributed by atoms with Crippen molar-refractivity contribution in [3.05, 3.63) is 34.9 Å². The Hall–Kier alpha value is -1.00. The molecule has 1 unspecified atom stereocenters. The molecule has 0 saturated heterocycles. The third kappa shape index (κ3) is 2.97. The lowest BCUT2D eigenvalue weighted by Crippen LogP contribution is -2.20. The van der Waals surface area contributed by atoms with Gasteiger partial charge in [0, 0.05) is 24.3 Å². The lowest BCUT2D eigenvalue weighted by atomic mass is 10.0. The predicted octanol–water partition coefficient (Wildman–Crippen LogP) is 2.00. The van der Waals surface area contributed by atoms with Gasteiger partial charge in [0.25, 0.3) is 0 Å². The van der Waals surface area contributed by atoms with Crippen molar-refractivity contribution in [2.75, 3.05) is 7.11 Å². The molecule has 1 aromatic rings. The summed E-state index contributed by atoms with van der Waals surface area (Å²) in [7, 11) is 1.47. The van der Waals surface area contributed by atoms with Gasteiger partial charge < -0.3 is 10.5 Å². The SMILES string of the molecule is COCc1ccc(F)c(CC(C)N)c1F. The zero-order valence-electron chi connectivity index (χ0n) is 8.89. The predicted molar refractivity (Wildman–Crippen MR) is 54.4 cm³/mol. The molecule has 0 radical (unpaired) electrons. The van der Waals surface area contributed by atoms with Crippen molar-refractivity contribution >= 4 is 0 Å². The second-order valence-electron chi connectivity index (χ2n) is 3.61. The van der Waals surface area contributed by atoms with Gasteiger partial charge in [0.2, 0.25) is 0 Å². The summed E-state index contributed by atoms with van der Waals surface area (Å²) in [6.45, 7) is 1.85. The normalized spacial score (nSPS) is 12.9. The number of ether oxygens (including phenoxy) is 1. The van der Waals surface area contributed by atoms with Gasteiger partial charge in [0.05, 0.1) is 6.61 Å². The van der Waals surface area contributed by atoms with Gasteiger partial charge in [-0.15, -0.1) is 0 Å². The van der Waals surface area contributed by atoms with Crippen molar-refractivity contribution in [3.63, 3.8) is 0 Å². The Morgan fingerprint density at radius 3 is 2.60 bits per heavy atom. The fraction of sp³-hybridized carbons (Fsp3) is 0.455. The Morgan fingerprint density at radius 2 is 2.07 bits per heavy atom. The first-order valence-electron chi connectivity index (χ1n) is 4.76. The maximum Gasteiger partial charge on any atom is 0.134 e. The van der Waals surface area contributed by atoms with Gasteiger partial charge in [-0.25, -0.2) is 8.78 Å². The van der Waals surface area contributed by atoms with Crippen molar-refractivity contribution in [1.82, 2.24) is 0 Å². The topological polar surface area (TPSA) is 35.2 Å². The van der Waals surface area contributed by atoms with Gasteiger partial charge in [0.1, 0.15) is 11.6 Å². The van der Waals surface area contributed by atoms with Crippen LogP contribution < -0.4 is 5.73 Å². The molecule has 0 fully saturated rings. The van der Waals surface area contributed by atoms with E-state index in [0.717, 1.165) is 0 Å². The minimum atomic E-state index is -0.551. The summed E-state index contributed by atoms with van der Waals surface area (Å²) in [5.74, 6) is -1.10. The fourth-order valence-electron chi connectivity index (χ4n) is 1.42. The molecule has 0 aliphatic carbocycles.